The first kappa shape index (κ1) is 32.5. The average molecular weight is 603 g/mol. The van der Waals surface area contributed by atoms with E-state index in [1.807, 2.05) is 31.2 Å². The van der Waals surface area contributed by atoms with Crippen molar-refractivity contribution in [2.75, 3.05) is 13.9 Å². The maximum absolute atomic E-state index is 13.5. The van der Waals surface area contributed by atoms with E-state index in [1.165, 1.54) is 37.4 Å². The highest BCUT2D eigenvalue weighted by atomic mass is 16.7. The van der Waals surface area contributed by atoms with E-state index in [9.17, 15) is 14.4 Å². The Morgan fingerprint density at radius 3 is 2.39 bits per heavy atom. The molecular weight excluding hydrogens is 560 g/mol. The lowest BCUT2D eigenvalue weighted by atomic mass is 9.77. The fourth-order valence-electron chi connectivity index (χ4n) is 5.86. The number of carbonyl (C=O) groups is 3. The second-order valence-corrected chi connectivity index (χ2v) is 11.2. The first-order valence-electron chi connectivity index (χ1n) is 15.2. The van der Waals surface area contributed by atoms with E-state index in [1.54, 1.807) is 0 Å². The first-order chi connectivity index (χ1) is 21.4. The SMILES string of the molecule is COc1ccnc(C(=O)N[C@H]2CCC[C@H](CCCc3ccccc3)[C@@H](Cc3ccccc3)[C@H](C)OC2=O)c1OCOC(C)=O. The van der Waals surface area contributed by atoms with E-state index in [-0.39, 0.29) is 29.2 Å². The summed E-state index contributed by atoms with van der Waals surface area (Å²) >= 11 is 0. The standard InChI is InChI=1S/C35H42N2O7/c1-24-29(22-27-14-8-5-9-15-27)28(17-10-16-26-12-6-4-7-13-26)18-11-19-30(35(40)44-24)37-34(39)32-33(43-23-42-25(2)38)31(41-3)20-21-36-32/h4-9,12-15,20-21,24,28-30H,10-11,16-19,22-23H2,1-3H3,(H,37,39)/t24-,28-,29-,30-/m0/s1. The molecule has 0 aliphatic carbocycles. The fraction of sp³-hybridized carbons (Fsp3) is 0.429. The molecular formula is C35H42N2O7. The Kier molecular flexibility index (Phi) is 12.2. The van der Waals surface area contributed by atoms with Gasteiger partial charge in [-0.25, -0.2) is 9.78 Å². The summed E-state index contributed by atoms with van der Waals surface area (Å²) < 4.78 is 21.8. The fourth-order valence-corrected chi connectivity index (χ4v) is 5.86. The smallest absolute Gasteiger partial charge is 0.328 e. The van der Waals surface area contributed by atoms with Gasteiger partial charge in [0.05, 0.1) is 7.11 Å². The second kappa shape index (κ2) is 16.4. The van der Waals surface area contributed by atoms with Crippen molar-refractivity contribution in [3.63, 3.8) is 0 Å². The van der Waals surface area contributed by atoms with Crippen LogP contribution in [0, 0.1) is 11.8 Å². The van der Waals surface area contributed by atoms with Crippen LogP contribution in [0.3, 0.4) is 0 Å². The molecule has 0 spiro atoms. The lowest BCUT2D eigenvalue weighted by Crippen LogP contribution is -2.43. The number of ether oxygens (including phenoxy) is 4. The zero-order valence-electron chi connectivity index (χ0n) is 25.7. The summed E-state index contributed by atoms with van der Waals surface area (Å²) in [6.45, 7) is 2.79. The number of nitrogens with zero attached hydrogens (tertiary/aromatic N) is 1. The van der Waals surface area contributed by atoms with E-state index < -0.39 is 30.7 Å². The Morgan fingerprint density at radius 1 is 1.00 bits per heavy atom. The predicted molar refractivity (Wildman–Crippen MR) is 165 cm³/mol. The third kappa shape index (κ3) is 9.30. The molecule has 2 heterocycles. The monoisotopic (exact) mass is 602 g/mol. The van der Waals surface area contributed by atoms with Crippen LogP contribution in [0.15, 0.2) is 72.9 Å². The number of esters is 2. The maximum atomic E-state index is 13.5. The predicted octanol–water partition coefficient (Wildman–Crippen LogP) is 5.70. The molecule has 1 aromatic heterocycles. The van der Waals surface area contributed by atoms with Crippen LogP contribution in [-0.4, -0.2) is 48.9 Å². The number of hydrogen-bond donors (Lipinski definition) is 1. The first-order valence-corrected chi connectivity index (χ1v) is 15.2. The summed E-state index contributed by atoms with van der Waals surface area (Å²) in [6.07, 6.45) is 7.00. The van der Waals surface area contributed by atoms with Crippen molar-refractivity contribution in [2.24, 2.45) is 11.8 Å². The molecule has 3 aromatic rings. The van der Waals surface area contributed by atoms with Gasteiger partial charge in [0.15, 0.2) is 17.2 Å². The minimum Gasteiger partial charge on any atom is -0.493 e. The van der Waals surface area contributed by atoms with Crippen LogP contribution >= 0.6 is 0 Å². The number of rotatable bonds is 12. The highest BCUT2D eigenvalue weighted by Crippen LogP contribution is 2.34. The van der Waals surface area contributed by atoms with Crippen molar-refractivity contribution in [3.05, 3.63) is 89.7 Å². The van der Waals surface area contributed by atoms with Crippen molar-refractivity contribution in [2.45, 2.75) is 70.9 Å². The van der Waals surface area contributed by atoms with Crippen LogP contribution in [0.2, 0.25) is 0 Å². The second-order valence-electron chi connectivity index (χ2n) is 11.2. The van der Waals surface area contributed by atoms with E-state index in [0.29, 0.717) is 12.3 Å². The summed E-state index contributed by atoms with van der Waals surface area (Å²) in [7, 11) is 1.43. The molecule has 1 fully saturated rings. The minimum atomic E-state index is -0.861. The van der Waals surface area contributed by atoms with E-state index in [2.05, 4.69) is 46.7 Å². The number of hydrogen-bond acceptors (Lipinski definition) is 8. The van der Waals surface area contributed by atoms with Gasteiger partial charge in [0.1, 0.15) is 12.1 Å². The van der Waals surface area contributed by atoms with Gasteiger partial charge in [-0.05, 0) is 62.5 Å². The Hall–Kier alpha value is -4.40. The lowest BCUT2D eigenvalue weighted by Gasteiger charge is -2.31. The lowest BCUT2D eigenvalue weighted by molar-refractivity contribution is -0.154. The van der Waals surface area contributed by atoms with Crippen molar-refractivity contribution < 1.29 is 33.3 Å². The molecule has 0 radical (unpaired) electrons. The van der Waals surface area contributed by atoms with Gasteiger partial charge in [0.2, 0.25) is 6.79 Å². The molecule has 1 saturated heterocycles. The third-order valence-corrected chi connectivity index (χ3v) is 8.13. The normalized spacial score (nSPS) is 20.3. The quantitative estimate of drug-likeness (QED) is 0.208. The van der Waals surface area contributed by atoms with Crippen LogP contribution in [0.25, 0.3) is 0 Å². The number of cyclic esters (lactones) is 1. The topological polar surface area (TPSA) is 113 Å². The number of pyridine rings is 1. The van der Waals surface area contributed by atoms with Gasteiger partial charge in [-0.15, -0.1) is 0 Å². The summed E-state index contributed by atoms with van der Waals surface area (Å²) in [5.41, 5.74) is 2.45. The van der Waals surface area contributed by atoms with E-state index in [0.717, 1.165) is 38.5 Å². The largest absolute Gasteiger partial charge is 0.493 e. The number of nitrogens with one attached hydrogen (secondary N) is 1. The average Bonchev–Trinajstić information content (AvgIpc) is 3.07. The molecule has 0 saturated carbocycles. The van der Waals surface area contributed by atoms with Gasteiger partial charge in [-0.1, -0.05) is 67.1 Å². The summed E-state index contributed by atoms with van der Waals surface area (Å²) in [4.78, 5) is 42.3. The summed E-state index contributed by atoms with van der Waals surface area (Å²) in [6, 6.07) is 21.5. The number of methoxy groups -OCH3 is 1. The Bertz CT molecular complexity index is 1370. The van der Waals surface area contributed by atoms with Crippen LogP contribution in [0.5, 0.6) is 11.5 Å². The molecule has 234 valence electrons. The number of aryl methyl sites for hydroxylation is 1. The highest BCUT2D eigenvalue weighted by molar-refractivity contribution is 5.98. The van der Waals surface area contributed by atoms with Crippen molar-refractivity contribution in [1.82, 2.24) is 10.3 Å². The minimum absolute atomic E-state index is 0.0138. The number of benzene rings is 2. The van der Waals surface area contributed by atoms with Crippen LogP contribution in [0.1, 0.15) is 67.6 Å². The molecule has 9 heteroatoms. The van der Waals surface area contributed by atoms with E-state index in [4.69, 9.17) is 18.9 Å². The molecule has 1 N–H and O–H groups in total. The van der Waals surface area contributed by atoms with Gasteiger partial charge in [0.25, 0.3) is 5.91 Å². The molecule has 4 atom stereocenters. The summed E-state index contributed by atoms with van der Waals surface area (Å²) in [5, 5.41) is 2.82. The molecule has 9 nitrogen and oxygen atoms in total. The van der Waals surface area contributed by atoms with Crippen molar-refractivity contribution in [1.29, 1.82) is 0 Å². The van der Waals surface area contributed by atoms with Crippen molar-refractivity contribution >= 4 is 17.8 Å². The molecule has 0 unspecified atom stereocenters. The third-order valence-electron chi connectivity index (χ3n) is 8.13. The molecule has 4 rings (SSSR count). The van der Waals surface area contributed by atoms with Crippen molar-refractivity contribution in [3.8, 4) is 11.5 Å². The zero-order chi connectivity index (χ0) is 31.3. The number of amides is 1. The molecule has 1 amide bonds. The summed E-state index contributed by atoms with van der Waals surface area (Å²) in [5.74, 6) is -0.893. The van der Waals surface area contributed by atoms with Gasteiger partial charge < -0.3 is 24.3 Å². The van der Waals surface area contributed by atoms with Crippen LogP contribution < -0.4 is 14.8 Å². The van der Waals surface area contributed by atoms with Crippen LogP contribution in [0.4, 0.5) is 0 Å². The molecule has 1 aliphatic rings. The number of carbonyl (C=O) groups excluding carboxylic acids is 3. The molecule has 2 aromatic carbocycles. The van der Waals surface area contributed by atoms with Gasteiger partial charge in [0, 0.05) is 25.1 Å². The molecule has 0 bridgehead atoms. The van der Waals surface area contributed by atoms with Gasteiger partial charge in [-0.2, -0.15) is 0 Å². The van der Waals surface area contributed by atoms with Gasteiger partial charge >= 0.3 is 11.9 Å². The Balaban J connectivity index is 1.49. The molecule has 44 heavy (non-hydrogen) atoms. The van der Waals surface area contributed by atoms with Crippen LogP contribution in [-0.2, 0) is 31.9 Å². The zero-order valence-corrected chi connectivity index (χ0v) is 25.7. The number of aromatic nitrogens is 1. The Labute approximate surface area is 259 Å². The van der Waals surface area contributed by atoms with Gasteiger partial charge in [-0.3, -0.25) is 9.59 Å². The Morgan fingerprint density at radius 2 is 1.70 bits per heavy atom. The van der Waals surface area contributed by atoms with E-state index >= 15 is 0 Å². The maximum Gasteiger partial charge on any atom is 0.328 e. The molecule has 1 aliphatic heterocycles. The highest BCUT2D eigenvalue weighted by Gasteiger charge is 2.35.